The number of carbonyl (C=O) groups is 2. The van der Waals surface area contributed by atoms with Crippen molar-refractivity contribution in [1.82, 2.24) is 0 Å². The number of aryl methyl sites for hydroxylation is 2. The fourth-order valence-electron chi connectivity index (χ4n) is 4.83. The van der Waals surface area contributed by atoms with E-state index in [1.54, 1.807) is 0 Å². The lowest BCUT2D eigenvalue weighted by Crippen LogP contribution is -2.14. The Labute approximate surface area is 181 Å². The third-order valence-corrected chi connectivity index (χ3v) is 7.83. The molecule has 0 aromatic heterocycles. The normalized spacial score (nSPS) is 18.2. The van der Waals surface area contributed by atoms with Gasteiger partial charge < -0.3 is 10.2 Å². The molecular weight excluding hydrogens is 376 g/mol. The highest BCUT2D eigenvalue weighted by Gasteiger charge is 2.49. The Hall–Kier alpha value is -1.84. The van der Waals surface area contributed by atoms with Gasteiger partial charge in [-0.15, -0.1) is 0 Å². The predicted molar refractivity (Wildman–Crippen MR) is 119 cm³/mol. The van der Waals surface area contributed by atoms with Crippen molar-refractivity contribution in [3.05, 3.63) is 34.4 Å². The van der Waals surface area contributed by atoms with E-state index in [-0.39, 0.29) is 10.8 Å². The number of aliphatic carboxylic acids is 2. The van der Waals surface area contributed by atoms with E-state index < -0.39 is 11.9 Å². The van der Waals surface area contributed by atoms with Gasteiger partial charge in [-0.2, -0.15) is 0 Å². The van der Waals surface area contributed by atoms with Crippen LogP contribution in [0.15, 0.2) is 12.1 Å². The van der Waals surface area contributed by atoms with Crippen LogP contribution in [0.4, 0.5) is 0 Å². The molecule has 0 radical (unpaired) electrons. The molecule has 0 aliphatic heterocycles. The van der Waals surface area contributed by atoms with E-state index >= 15 is 0 Å². The number of benzene rings is 1. The fourth-order valence-corrected chi connectivity index (χ4v) is 4.83. The van der Waals surface area contributed by atoms with Crippen LogP contribution in [-0.4, -0.2) is 22.2 Å². The zero-order valence-corrected chi connectivity index (χ0v) is 18.8. The van der Waals surface area contributed by atoms with Crippen LogP contribution < -0.4 is 0 Å². The molecule has 0 unspecified atom stereocenters. The van der Waals surface area contributed by atoms with Gasteiger partial charge >= 0.3 is 11.9 Å². The van der Waals surface area contributed by atoms with Crippen LogP contribution in [0.25, 0.3) is 0 Å². The molecule has 0 spiro atoms. The van der Waals surface area contributed by atoms with Crippen LogP contribution in [0, 0.1) is 24.7 Å². The maximum absolute atomic E-state index is 11.3. The highest BCUT2D eigenvalue weighted by Crippen LogP contribution is 2.50. The summed E-state index contributed by atoms with van der Waals surface area (Å²) >= 11 is 0. The van der Waals surface area contributed by atoms with Crippen molar-refractivity contribution in [3.8, 4) is 0 Å². The predicted octanol–water partition coefficient (Wildman–Crippen LogP) is 6.24. The molecule has 1 aromatic carbocycles. The van der Waals surface area contributed by atoms with Gasteiger partial charge in [0.25, 0.3) is 0 Å². The van der Waals surface area contributed by atoms with E-state index in [0.29, 0.717) is 0 Å². The maximum atomic E-state index is 11.3. The van der Waals surface area contributed by atoms with Gasteiger partial charge in [-0.25, -0.2) is 0 Å². The number of unbranched alkanes of at least 4 members (excludes halogenated alkanes) is 4. The topological polar surface area (TPSA) is 74.6 Å². The van der Waals surface area contributed by atoms with Crippen LogP contribution in [0.2, 0.25) is 0 Å². The number of rotatable bonds is 14. The van der Waals surface area contributed by atoms with Crippen LogP contribution in [0.1, 0.15) is 99.3 Å². The molecule has 2 fully saturated rings. The lowest BCUT2D eigenvalue weighted by molar-refractivity contribution is -0.144. The molecule has 4 nitrogen and oxygen atoms in total. The van der Waals surface area contributed by atoms with Gasteiger partial charge in [0.05, 0.1) is 10.8 Å². The molecule has 4 heteroatoms. The second-order valence-electron chi connectivity index (χ2n) is 9.93. The minimum Gasteiger partial charge on any atom is -0.481 e. The summed E-state index contributed by atoms with van der Waals surface area (Å²) in [6, 6.07) is 4.55. The molecule has 2 saturated carbocycles. The van der Waals surface area contributed by atoms with Gasteiger partial charge in [-0.05, 0) is 100 Å². The summed E-state index contributed by atoms with van der Waals surface area (Å²) < 4.78 is 0. The van der Waals surface area contributed by atoms with Crippen molar-refractivity contribution in [2.75, 3.05) is 0 Å². The first-order valence-corrected chi connectivity index (χ1v) is 11.8. The van der Waals surface area contributed by atoms with Gasteiger partial charge in [0.2, 0.25) is 0 Å². The monoisotopic (exact) mass is 414 g/mol. The van der Waals surface area contributed by atoms with Crippen LogP contribution >= 0.6 is 0 Å². The standard InChI is InChI=1S/C26H38O4/c1-19-20(2)22(10-6-8-14-26(17-18-26)24(29)30)12-11-21(19)9-5-3-4-7-13-25(15-16-25)23(27)28/h11-12H,3-10,13-18H2,1-2H3,(H,27,28)(H,29,30). The Morgan fingerprint density at radius 2 is 1.07 bits per heavy atom. The van der Waals surface area contributed by atoms with E-state index in [4.69, 9.17) is 0 Å². The van der Waals surface area contributed by atoms with Crippen LogP contribution in [-0.2, 0) is 22.4 Å². The van der Waals surface area contributed by atoms with E-state index in [2.05, 4.69) is 26.0 Å². The molecule has 30 heavy (non-hydrogen) atoms. The summed E-state index contributed by atoms with van der Waals surface area (Å²) in [6.07, 6.45) is 13.8. The van der Waals surface area contributed by atoms with Gasteiger partial charge in [0, 0.05) is 0 Å². The zero-order valence-electron chi connectivity index (χ0n) is 18.8. The average molecular weight is 415 g/mol. The van der Waals surface area contributed by atoms with Gasteiger partial charge in [-0.3, -0.25) is 9.59 Å². The number of hydrogen-bond acceptors (Lipinski definition) is 2. The van der Waals surface area contributed by atoms with Crippen molar-refractivity contribution in [2.24, 2.45) is 10.8 Å². The lowest BCUT2D eigenvalue weighted by atomic mass is 9.91. The SMILES string of the molecule is Cc1c(CCCCCCC2(C(=O)O)CC2)ccc(CCCCC2(C(=O)O)CC2)c1C. The summed E-state index contributed by atoms with van der Waals surface area (Å²) in [5.41, 5.74) is 4.88. The molecule has 2 N–H and O–H groups in total. The third kappa shape index (κ3) is 5.44. The Morgan fingerprint density at radius 3 is 1.47 bits per heavy atom. The molecule has 2 aliphatic carbocycles. The van der Waals surface area contributed by atoms with E-state index in [0.717, 1.165) is 83.5 Å². The van der Waals surface area contributed by atoms with Crippen LogP contribution in [0.3, 0.4) is 0 Å². The van der Waals surface area contributed by atoms with Crippen molar-refractivity contribution in [1.29, 1.82) is 0 Å². The first-order chi connectivity index (χ1) is 14.3. The largest absolute Gasteiger partial charge is 0.481 e. The van der Waals surface area contributed by atoms with E-state index in [1.807, 2.05) is 0 Å². The Morgan fingerprint density at radius 1 is 0.700 bits per heavy atom. The molecule has 0 amide bonds. The van der Waals surface area contributed by atoms with E-state index in [9.17, 15) is 19.8 Å². The zero-order chi connectivity index (χ0) is 21.8. The van der Waals surface area contributed by atoms with E-state index in [1.165, 1.54) is 28.7 Å². The molecule has 166 valence electrons. The molecule has 1 aromatic rings. The lowest BCUT2D eigenvalue weighted by Gasteiger charge is -2.14. The number of hydrogen-bond donors (Lipinski definition) is 2. The first-order valence-electron chi connectivity index (χ1n) is 11.8. The smallest absolute Gasteiger partial charge is 0.309 e. The summed E-state index contributed by atoms with van der Waals surface area (Å²) in [5.74, 6) is -1.20. The van der Waals surface area contributed by atoms with Crippen molar-refractivity contribution < 1.29 is 19.8 Å². The Kier molecular flexibility index (Phi) is 7.26. The highest BCUT2D eigenvalue weighted by atomic mass is 16.4. The summed E-state index contributed by atoms with van der Waals surface area (Å²) in [5, 5.41) is 18.5. The third-order valence-electron chi connectivity index (χ3n) is 7.83. The Bertz CT molecular complexity index is 771. The fraction of sp³-hybridized carbons (Fsp3) is 0.692. The minimum atomic E-state index is -0.604. The van der Waals surface area contributed by atoms with Gasteiger partial charge in [-0.1, -0.05) is 37.8 Å². The average Bonchev–Trinajstić information content (AvgIpc) is 3.61. The summed E-state index contributed by atoms with van der Waals surface area (Å²) in [4.78, 5) is 22.5. The van der Waals surface area contributed by atoms with Gasteiger partial charge in [0.1, 0.15) is 0 Å². The molecule has 0 bridgehead atoms. The van der Waals surface area contributed by atoms with Gasteiger partial charge in [0.15, 0.2) is 0 Å². The number of carboxylic acids is 2. The number of carboxylic acid groups (broad SMARTS) is 2. The van der Waals surface area contributed by atoms with Crippen molar-refractivity contribution in [3.63, 3.8) is 0 Å². The molecule has 2 aliphatic rings. The quantitative estimate of drug-likeness (QED) is 0.353. The second kappa shape index (κ2) is 9.53. The minimum absolute atomic E-state index is 0.365. The highest BCUT2D eigenvalue weighted by molar-refractivity contribution is 5.78. The molecular formula is C26H38O4. The summed E-state index contributed by atoms with van der Waals surface area (Å²) in [7, 11) is 0. The molecule has 3 rings (SSSR count). The van der Waals surface area contributed by atoms with Crippen molar-refractivity contribution >= 4 is 11.9 Å². The summed E-state index contributed by atoms with van der Waals surface area (Å²) in [6.45, 7) is 4.44. The maximum Gasteiger partial charge on any atom is 0.309 e. The second-order valence-corrected chi connectivity index (χ2v) is 9.93. The molecule has 0 heterocycles. The van der Waals surface area contributed by atoms with Crippen LogP contribution in [0.5, 0.6) is 0 Å². The molecule has 0 atom stereocenters. The Balaban J connectivity index is 1.35. The molecule has 0 saturated heterocycles. The first kappa shape index (κ1) is 22.8. The van der Waals surface area contributed by atoms with Crippen molar-refractivity contribution in [2.45, 2.75) is 104 Å².